The van der Waals surface area contributed by atoms with Gasteiger partial charge in [-0.2, -0.15) is 0 Å². The van der Waals surface area contributed by atoms with Gasteiger partial charge in [-0.15, -0.1) is 0 Å². The Bertz CT molecular complexity index is 328. The highest BCUT2D eigenvalue weighted by Crippen LogP contribution is 2.17. The predicted octanol–water partition coefficient (Wildman–Crippen LogP) is 0.213. The summed E-state index contributed by atoms with van der Waals surface area (Å²) in [5, 5.41) is 17.7. The third-order valence-corrected chi connectivity index (χ3v) is 1.87. The number of hydrogen-bond donors (Lipinski definition) is 2. The highest BCUT2D eigenvalue weighted by Gasteiger charge is 2.18. The predicted molar refractivity (Wildman–Crippen MR) is 52.1 cm³/mol. The summed E-state index contributed by atoms with van der Waals surface area (Å²) in [6.07, 6.45) is 0. The fraction of sp³-hybridized carbons (Fsp3) is 0.333. The van der Waals surface area contributed by atoms with Crippen LogP contribution in [0.2, 0.25) is 0 Å². The van der Waals surface area contributed by atoms with Gasteiger partial charge in [-0.1, -0.05) is 0 Å². The average molecular weight is 198 g/mol. The first kappa shape index (κ1) is 11.0. The molecule has 1 aromatic carbocycles. The molecule has 0 aliphatic heterocycles. The van der Waals surface area contributed by atoms with E-state index in [2.05, 4.69) is 0 Å². The van der Waals surface area contributed by atoms with E-state index in [9.17, 15) is 4.39 Å². The van der Waals surface area contributed by atoms with Crippen LogP contribution in [0.15, 0.2) is 12.1 Å². The number of ether oxygens (including phenoxy) is 1. The van der Waals surface area contributed by atoms with Crippen molar-refractivity contribution in [3.63, 3.8) is 0 Å². The van der Waals surface area contributed by atoms with E-state index in [-0.39, 0.29) is 5.46 Å². The topological polar surface area (TPSA) is 49.7 Å². The van der Waals surface area contributed by atoms with Crippen LogP contribution < -0.4 is 10.2 Å². The van der Waals surface area contributed by atoms with Gasteiger partial charge in [-0.25, -0.2) is 4.39 Å². The van der Waals surface area contributed by atoms with E-state index in [0.717, 1.165) is 0 Å². The Morgan fingerprint density at radius 1 is 1.43 bits per heavy atom. The van der Waals surface area contributed by atoms with Crippen LogP contribution in [0.4, 0.5) is 4.39 Å². The van der Waals surface area contributed by atoms with Crippen LogP contribution in [0.1, 0.15) is 12.5 Å². The molecule has 0 aliphatic carbocycles. The second-order valence-corrected chi connectivity index (χ2v) is 2.95. The van der Waals surface area contributed by atoms with Gasteiger partial charge in [0.1, 0.15) is 11.6 Å². The van der Waals surface area contributed by atoms with Gasteiger partial charge in [0, 0.05) is 5.46 Å². The number of benzene rings is 1. The lowest BCUT2D eigenvalue weighted by Gasteiger charge is -2.10. The highest BCUT2D eigenvalue weighted by molar-refractivity contribution is 6.58. The second kappa shape index (κ2) is 4.44. The number of hydrogen-bond acceptors (Lipinski definition) is 3. The first-order chi connectivity index (χ1) is 6.56. The molecule has 1 aromatic rings. The van der Waals surface area contributed by atoms with Crippen LogP contribution in [0.5, 0.6) is 5.75 Å². The van der Waals surface area contributed by atoms with Crippen molar-refractivity contribution in [2.45, 2.75) is 13.8 Å². The van der Waals surface area contributed by atoms with E-state index >= 15 is 0 Å². The van der Waals surface area contributed by atoms with E-state index in [1.807, 2.05) is 0 Å². The van der Waals surface area contributed by atoms with Crippen molar-refractivity contribution in [3.8, 4) is 5.75 Å². The zero-order valence-electron chi connectivity index (χ0n) is 8.12. The Balaban J connectivity index is 3.13. The van der Waals surface area contributed by atoms with E-state index in [4.69, 9.17) is 14.8 Å². The maximum absolute atomic E-state index is 13.1. The van der Waals surface area contributed by atoms with Crippen LogP contribution in [-0.2, 0) is 0 Å². The molecular formula is C9H12BFO3. The summed E-state index contributed by atoms with van der Waals surface area (Å²) in [5.74, 6) is -0.169. The van der Waals surface area contributed by atoms with E-state index < -0.39 is 12.9 Å². The summed E-state index contributed by atoms with van der Waals surface area (Å²) in [5.41, 5.74) is 0.466. The smallest absolute Gasteiger partial charge is 0.491 e. The summed E-state index contributed by atoms with van der Waals surface area (Å²) < 4.78 is 18.3. The quantitative estimate of drug-likeness (QED) is 0.682. The van der Waals surface area contributed by atoms with Crippen LogP contribution in [0.3, 0.4) is 0 Å². The van der Waals surface area contributed by atoms with Crippen LogP contribution in [0.25, 0.3) is 0 Å². The largest absolute Gasteiger partial charge is 0.494 e. The third kappa shape index (κ3) is 2.24. The molecule has 0 bridgehead atoms. The van der Waals surface area contributed by atoms with E-state index in [1.54, 1.807) is 13.8 Å². The van der Waals surface area contributed by atoms with E-state index in [0.29, 0.717) is 17.9 Å². The summed E-state index contributed by atoms with van der Waals surface area (Å²) in [6, 6.07) is 2.53. The van der Waals surface area contributed by atoms with Crippen LogP contribution in [-0.4, -0.2) is 23.8 Å². The zero-order chi connectivity index (χ0) is 10.7. The van der Waals surface area contributed by atoms with Crippen molar-refractivity contribution in [1.29, 1.82) is 0 Å². The molecule has 3 nitrogen and oxygen atoms in total. The lowest BCUT2D eigenvalue weighted by atomic mass is 9.79. The van der Waals surface area contributed by atoms with Gasteiger partial charge >= 0.3 is 7.12 Å². The Hall–Kier alpha value is -1.07. The molecule has 0 aliphatic rings. The Labute approximate surface area is 82.3 Å². The number of halogens is 1. The highest BCUT2D eigenvalue weighted by atomic mass is 19.1. The summed E-state index contributed by atoms with van der Waals surface area (Å²) in [4.78, 5) is 0. The van der Waals surface area contributed by atoms with Crippen molar-refractivity contribution in [3.05, 3.63) is 23.5 Å². The molecule has 76 valence electrons. The SMILES string of the molecule is CCOc1cc(B(O)O)c(F)cc1C. The first-order valence-electron chi connectivity index (χ1n) is 4.35. The fourth-order valence-electron chi connectivity index (χ4n) is 1.18. The molecule has 0 amide bonds. The summed E-state index contributed by atoms with van der Waals surface area (Å²) in [6.45, 7) is 3.95. The average Bonchev–Trinajstić information content (AvgIpc) is 2.09. The molecular weight excluding hydrogens is 186 g/mol. The summed E-state index contributed by atoms with van der Waals surface area (Å²) >= 11 is 0. The monoisotopic (exact) mass is 198 g/mol. The standard InChI is InChI=1S/C9H12BFO3/c1-3-14-9-5-7(10(12)13)8(11)4-6(9)2/h4-5,12-13H,3H2,1-2H3. The van der Waals surface area contributed by atoms with Crippen molar-refractivity contribution in [1.82, 2.24) is 0 Å². The molecule has 2 N–H and O–H groups in total. The van der Waals surface area contributed by atoms with E-state index in [1.165, 1.54) is 12.1 Å². The Morgan fingerprint density at radius 3 is 2.57 bits per heavy atom. The van der Waals surface area contributed by atoms with Gasteiger partial charge in [0.2, 0.25) is 0 Å². The maximum atomic E-state index is 13.1. The maximum Gasteiger partial charge on any atom is 0.491 e. The molecule has 0 aromatic heterocycles. The van der Waals surface area contributed by atoms with Gasteiger partial charge in [0.25, 0.3) is 0 Å². The minimum absolute atomic E-state index is 0.168. The molecule has 5 heteroatoms. The van der Waals surface area contributed by atoms with Gasteiger partial charge in [0.15, 0.2) is 0 Å². The molecule has 0 heterocycles. The van der Waals surface area contributed by atoms with Gasteiger partial charge < -0.3 is 14.8 Å². The fourth-order valence-corrected chi connectivity index (χ4v) is 1.18. The molecule has 1 rings (SSSR count). The molecule has 0 fully saturated rings. The van der Waals surface area contributed by atoms with Crippen molar-refractivity contribution < 1.29 is 19.2 Å². The minimum Gasteiger partial charge on any atom is -0.494 e. The van der Waals surface area contributed by atoms with Crippen molar-refractivity contribution >= 4 is 12.6 Å². The minimum atomic E-state index is -1.81. The zero-order valence-corrected chi connectivity index (χ0v) is 8.12. The first-order valence-corrected chi connectivity index (χ1v) is 4.35. The number of rotatable bonds is 3. The van der Waals surface area contributed by atoms with Crippen molar-refractivity contribution in [2.75, 3.05) is 6.61 Å². The Morgan fingerprint density at radius 2 is 2.07 bits per heavy atom. The number of aryl methyl sites for hydroxylation is 1. The molecule has 0 saturated carbocycles. The second-order valence-electron chi connectivity index (χ2n) is 2.95. The summed E-state index contributed by atoms with van der Waals surface area (Å²) in [7, 11) is -1.81. The van der Waals surface area contributed by atoms with Gasteiger partial charge in [0.05, 0.1) is 6.61 Å². The van der Waals surface area contributed by atoms with Crippen LogP contribution >= 0.6 is 0 Å². The van der Waals surface area contributed by atoms with Gasteiger partial charge in [-0.3, -0.25) is 0 Å². The normalized spacial score (nSPS) is 10.1. The Kier molecular flexibility index (Phi) is 3.49. The van der Waals surface area contributed by atoms with Crippen molar-refractivity contribution in [2.24, 2.45) is 0 Å². The van der Waals surface area contributed by atoms with Crippen LogP contribution in [0, 0.1) is 12.7 Å². The molecule has 0 saturated heterocycles. The molecule has 14 heavy (non-hydrogen) atoms. The molecule has 0 radical (unpaired) electrons. The lowest BCUT2D eigenvalue weighted by Crippen LogP contribution is -2.33. The van der Waals surface area contributed by atoms with Gasteiger partial charge in [-0.05, 0) is 31.5 Å². The molecule has 0 spiro atoms. The third-order valence-electron chi connectivity index (χ3n) is 1.87. The molecule has 0 atom stereocenters. The molecule has 0 unspecified atom stereocenters. The lowest BCUT2D eigenvalue weighted by molar-refractivity contribution is 0.337.